The fourth-order valence-electron chi connectivity index (χ4n) is 4.37. The Bertz CT molecular complexity index is 1100. The number of piperazine rings is 1. The molecule has 0 aliphatic carbocycles. The van der Waals surface area contributed by atoms with E-state index in [1.165, 1.54) is 4.90 Å². The molecule has 0 aromatic heterocycles. The minimum absolute atomic E-state index is 0.244. The van der Waals surface area contributed by atoms with Crippen molar-refractivity contribution in [3.63, 3.8) is 0 Å². The third-order valence-electron chi connectivity index (χ3n) is 6.07. The largest absolute Gasteiger partial charge is 0.444 e. The van der Waals surface area contributed by atoms with Crippen molar-refractivity contribution in [3.05, 3.63) is 71.8 Å². The average Bonchev–Trinajstić information content (AvgIpc) is 2.86. The monoisotopic (exact) mass is 575 g/mol. The van der Waals surface area contributed by atoms with E-state index < -0.39 is 48.3 Å². The van der Waals surface area contributed by atoms with Crippen molar-refractivity contribution in [1.82, 2.24) is 15.1 Å². The summed E-state index contributed by atoms with van der Waals surface area (Å²) < 4.78 is 87.8. The average molecular weight is 576 g/mol. The van der Waals surface area contributed by atoms with Crippen LogP contribution >= 0.6 is 0 Å². The van der Waals surface area contributed by atoms with Crippen LogP contribution in [0.3, 0.4) is 0 Å². The SMILES string of the molecule is CC(C)(C)OC(=O)N1CCN(C(c2ccccc2)C(NC(=O)OC(C(F)(F)F)C(F)(F)F)c2ccccc2)CC1. The van der Waals surface area contributed by atoms with Crippen LogP contribution in [0.2, 0.25) is 0 Å². The van der Waals surface area contributed by atoms with Crippen LogP contribution in [-0.4, -0.2) is 72.2 Å². The summed E-state index contributed by atoms with van der Waals surface area (Å²) in [4.78, 5) is 28.6. The number of benzene rings is 2. The standard InChI is InChI=1S/C27H31F6N3O4/c1-25(2,3)40-24(38)36-16-14-35(15-17-36)21(19-12-8-5-9-13-19)20(18-10-6-4-7-11-18)34-23(37)39-22(26(28,29)30)27(31,32)33/h4-13,20-22H,14-17H2,1-3H3,(H,34,37). The number of nitrogens with zero attached hydrogens (tertiary/aromatic N) is 2. The highest BCUT2D eigenvalue weighted by Gasteiger charge is 2.60. The third kappa shape index (κ3) is 8.51. The molecule has 2 atom stereocenters. The number of ether oxygens (including phenoxy) is 2. The highest BCUT2D eigenvalue weighted by atomic mass is 19.4. The van der Waals surface area contributed by atoms with E-state index in [9.17, 15) is 35.9 Å². The minimum atomic E-state index is -5.85. The summed E-state index contributed by atoms with van der Waals surface area (Å²) in [6.07, 6.45) is -18.4. The van der Waals surface area contributed by atoms with Crippen LogP contribution in [-0.2, 0) is 9.47 Å². The van der Waals surface area contributed by atoms with E-state index in [0.717, 1.165) is 0 Å². The summed E-state index contributed by atoms with van der Waals surface area (Å²) in [6, 6.07) is 15.0. The van der Waals surface area contributed by atoms with Crippen molar-refractivity contribution in [2.45, 2.75) is 56.9 Å². The zero-order valence-electron chi connectivity index (χ0n) is 22.1. The smallest absolute Gasteiger partial charge is 0.434 e. The number of amides is 2. The number of rotatable bonds is 6. The van der Waals surface area contributed by atoms with E-state index in [-0.39, 0.29) is 26.2 Å². The van der Waals surface area contributed by atoms with E-state index in [0.29, 0.717) is 11.1 Å². The Balaban J connectivity index is 1.92. The lowest BCUT2D eigenvalue weighted by Crippen LogP contribution is -2.53. The molecule has 1 heterocycles. The minimum Gasteiger partial charge on any atom is -0.444 e. The van der Waals surface area contributed by atoms with Gasteiger partial charge in [0.25, 0.3) is 6.10 Å². The maximum Gasteiger partial charge on any atom is 0.434 e. The maximum atomic E-state index is 13.1. The molecule has 3 rings (SSSR count). The number of hydrogen-bond donors (Lipinski definition) is 1. The van der Waals surface area contributed by atoms with Gasteiger partial charge in [-0.25, -0.2) is 9.59 Å². The molecule has 13 heteroatoms. The molecular formula is C27H31F6N3O4. The zero-order chi connectivity index (χ0) is 29.7. The summed E-state index contributed by atoms with van der Waals surface area (Å²) in [5.41, 5.74) is 0.373. The second kappa shape index (κ2) is 12.4. The van der Waals surface area contributed by atoms with Gasteiger partial charge >= 0.3 is 24.5 Å². The van der Waals surface area contributed by atoms with E-state index in [1.54, 1.807) is 81.4 Å². The van der Waals surface area contributed by atoms with Gasteiger partial charge in [-0.1, -0.05) is 60.7 Å². The molecule has 0 spiro atoms. The topological polar surface area (TPSA) is 71.1 Å². The Labute approximate surface area is 228 Å². The quantitative estimate of drug-likeness (QED) is 0.413. The molecular weight excluding hydrogens is 544 g/mol. The number of carbonyl (C=O) groups is 2. The summed E-state index contributed by atoms with van der Waals surface area (Å²) in [6.45, 7) is 6.28. The first-order valence-electron chi connectivity index (χ1n) is 12.5. The molecule has 1 N–H and O–H groups in total. The fourth-order valence-corrected chi connectivity index (χ4v) is 4.37. The fraction of sp³-hybridized carbons (Fsp3) is 0.481. The van der Waals surface area contributed by atoms with E-state index in [1.807, 2.05) is 4.90 Å². The molecule has 2 aromatic carbocycles. The van der Waals surface area contributed by atoms with Crippen LogP contribution in [0.15, 0.2) is 60.7 Å². The molecule has 2 unspecified atom stereocenters. The Hall–Kier alpha value is -3.48. The normalized spacial score (nSPS) is 16.8. The van der Waals surface area contributed by atoms with Gasteiger partial charge in [0.1, 0.15) is 5.60 Å². The van der Waals surface area contributed by atoms with Gasteiger partial charge in [-0.15, -0.1) is 0 Å². The van der Waals surface area contributed by atoms with E-state index in [4.69, 9.17) is 4.74 Å². The number of carbonyl (C=O) groups excluding carboxylic acids is 2. The molecule has 1 fully saturated rings. The first kappa shape index (κ1) is 31.1. The number of halogens is 6. The Kier molecular flexibility index (Phi) is 9.60. The van der Waals surface area contributed by atoms with Crippen molar-refractivity contribution >= 4 is 12.2 Å². The summed E-state index contributed by atoms with van der Waals surface area (Å²) in [5, 5.41) is 2.26. The van der Waals surface area contributed by atoms with Crippen LogP contribution in [0.4, 0.5) is 35.9 Å². The first-order chi connectivity index (χ1) is 18.6. The van der Waals surface area contributed by atoms with E-state index >= 15 is 0 Å². The molecule has 7 nitrogen and oxygen atoms in total. The molecule has 0 bridgehead atoms. The zero-order valence-corrected chi connectivity index (χ0v) is 22.1. The van der Waals surface area contributed by atoms with Crippen LogP contribution < -0.4 is 5.32 Å². The third-order valence-corrected chi connectivity index (χ3v) is 6.07. The van der Waals surface area contributed by atoms with Gasteiger partial charge in [-0.2, -0.15) is 26.3 Å². The van der Waals surface area contributed by atoms with Gasteiger partial charge in [-0.05, 0) is 31.9 Å². The van der Waals surface area contributed by atoms with Gasteiger partial charge in [-0.3, -0.25) is 4.90 Å². The second-order valence-electron chi connectivity index (χ2n) is 10.3. The lowest BCUT2D eigenvalue weighted by atomic mass is 9.91. The van der Waals surface area contributed by atoms with Crippen LogP contribution in [0.25, 0.3) is 0 Å². The van der Waals surface area contributed by atoms with Crippen molar-refractivity contribution in [1.29, 1.82) is 0 Å². The summed E-state index contributed by atoms with van der Waals surface area (Å²) in [5.74, 6) is 0. The van der Waals surface area contributed by atoms with Crippen molar-refractivity contribution in [3.8, 4) is 0 Å². The van der Waals surface area contributed by atoms with Crippen molar-refractivity contribution < 1.29 is 45.4 Å². The maximum absolute atomic E-state index is 13.1. The number of nitrogens with one attached hydrogen (secondary N) is 1. The molecule has 2 aromatic rings. The van der Waals surface area contributed by atoms with E-state index in [2.05, 4.69) is 10.1 Å². The lowest BCUT2D eigenvalue weighted by Gasteiger charge is -2.43. The number of alkyl carbamates (subject to hydrolysis) is 1. The highest BCUT2D eigenvalue weighted by molar-refractivity contribution is 5.69. The van der Waals surface area contributed by atoms with Crippen LogP contribution in [0.5, 0.6) is 0 Å². The summed E-state index contributed by atoms with van der Waals surface area (Å²) in [7, 11) is 0. The van der Waals surface area contributed by atoms with Gasteiger partial charge in [0.2, 0.25) is 0 Å². The predicted octanol–water partition coefficient (Wildman–Crippen LogP) is 6.24. The Morgan fingerprint density at radius 2 is 1.25 bits per heavy atom. The molecule has 40 heavy (non-hydrogen) atoms. The highest BCUT2D eigenvalue weighted by Crippen LogP contribution is 2.38. The van der Waals surface area contributed by atoms with Crippen molar-refractivity contribution in [2.24, 2.45) is 0 Å². The Morgan fingerprint density at radius 3 is 1.70 bits per heavy atom. The predicted molar refractivity (Wildman–Crippen MR) is 133 cm³/mol. The van der Waals surface area contributed by atoms with Crippen molar-refractivity contribution in [2.75, 3.05) is 26.2 Å². The van der Waals surface area contributed by atoms with Gasteiger partial charge in [0.05, 0.1) is 12.1 Å². The number of hydrogen-bond acceptors (Lipinski definition) is 5. The second-order valence-corrected chi connectivity index (χ2v) is 10.3. The Morgan fingerprint density at radius 1 is 0.775 bits per heavy atom. The molecule has 2 amide bonds. The summed E-state index contributed by atoms with van der Waals surface area (Å²) >= 11 is 0. The molecule has 1 aliphatic rings. The first-order valence-corrected chi connectivity index (χ1v) is 12.5. The molecule has 1 aliphatic heterocycles. The lowest BCUT2D eigenvalue weighted by molar-refractivity contribution is -0.307. The van der Waals surface area contributed by atoms with Gasteiger partial charge in [0.15, 0.2) is 0 Å². The van der Waals surface area contributed by atoms with Crippen LogP contribution in [0.1, 0.15) is 44.0 Å². The molecule has 0 saturated carbocycles. The number of alkyl halides is 6. The van der Waals surface area contributed by atoms with Crippen LogP contribution in [0, 0.1) is 0 Å². The van der Waals surface area contributed by atoms with Gasteiger partial charge < -0.3 is 19.7 Å². The molecule has 220 valence electrons. The van der Waals surface area contributed by atoms with Gasteiger partial charge in [0, 0.05) is 26.2 Å². The molecule has 1 saturated heterocycles. The molecule has 0 radical (unpaired) electrons.